The lowest BCUT2D eigenvalue weighted by Crippen LogP contribution is -2.40. The maximum absolute atomic E-state index is 12.4. The van der Waals surface area contributed by atoms with Gasteiger partial charge in [-0.2, -0.15) is 0 Å². The third-order valence-electron chi connectivity index (χ3n) is 5.39. The number of nitrogens with zero attached hydrogens (tertiary/aromatic N) is 2. The zero-order valence-electron chi connectivity index (χ0n) is 15.6. The van der Waals surface area contributed by atoms with Crippen molar-refractivity contribution in [3.8, 4) is 0 Å². The summed E-state index contributed by atoms with van der Waals surface area (Å²) >= 11 is 0. The van der Waals surface area contributed by atoms with Crippen LogP contribution in [0.1, 0.15) is 32.8 Å². The summed E-state index contributed by atoms with van der Waals surface area (Å²) in [6.45, 7) is 9.95. The molecule has 2 fully saturated rings. The van der Waals surface area contributed by atoms with Gasteiger partial charge in [0.1, 0.15) is 5.60 Å². The Morgan fingerprint density at radius 2 is 2.00 bits per heavy atom. The summed E-state index contributed by atoms with van der Waals surface area (Å²) < 4.78 is 5.53. The Morgan fingerprint density at radius 1 is 1.28 bits per heavy atom. The highest BCUT2D eigenvalue weighted by molar-refractivity contribution is 5.68. The van der Waals surface area contributed by atoms with E-state index in [4.69, 9.17) is 4.74 Å². The molecule has 25 heavy (non-hydrogen) atoms. The fraction of sp³-hybridized carbons (Fsp3) is 0.650. The van der Waals surface area contributed by atoms with Crippen LogP contribution in [0.4, 0.5) is 4.79 Å². The predicted molar refractivity (Wildman–Crippen MR) is 97.2 cm³/mol. The summed E-state index contributed by atoms with van der Waals surface area (Å²) in [5.74, 6) is 0.212. The highest BCUT2D eigenvalue weighted by Gasteiger charge is 2.51. The quantitative estimate of drug-likeness (QED) is 0.914. The van der Waals surface area contributed by atoms with E-state index in [-0.39, 0.29) is 24.0 Å². The maximum atomic E-state index is 12.4. The molecule has 1 aromatic rings. The minimum absolute atomic E-state index is 0.0135. The van der Waals surface area contributed by atoms with E-state index in [1.54, 1.807) is 0 Å². The summed E-state index contributed by atoms with van der Waals surface area (Å²) in [4.78, 5) is 16.6. The summed E-state index contributed by atoms with van der Waals surface area (Å²) in [5.41, 5.74) is 0.803. The van der Waals surface area contributed by atoms with Crippen molar-refractivity contribution in [3.05, 3.63) is 35.9 Å². The number of benzene rings is 1. The van der Waals surface area contributed by atoms with Crippen molar-refractivity contribution < 1.29 is 14.6 Å². The number of ether oxygens (including phenoxy) is 1. The van der Waals surface area contributed by atoms with Crippen LogP contribution in [0.5, 0.6) is 0 Å². The van der Waals surface area contributed by atoms with Crippen molar-refractivity contribution >= 4 is 6.09 Å². The van der Waals surface area contributed by atoms with Crippen molar-refractivity contribution in [3.63, 3.8) is 0 Å². The Labute approximate surface area is 150 Å². The van der Waals surface area contributed by atoms with E-state index in [1.165, 1.54) is 5.56 Å². The van der Waals surface area contributed by atoms with Gasteiger partial charge in [0.15, 0.2) is 0 Å². The number of likely N-dealkylation sites (tertiary alicyclic amines) is 2. The van der Waals surface area contributed by atoms with Crippen LogP contribution >= 0.6 is 0 Å². The third-order valence-corrected chi connectivity index (χ3v) is 5.39. The average Bonchev–Trinajstić information content (AvgIpc) is 3.11. The van der Waals surface area contributed by atoms with Gasteiger partial charge in [0.05, 0.1) is 0 Å². The molecule has 138 valence electrons. The van der Waals surface area contributed by atoms with E-state index in [2.05, 4.69) is 29.2 Å². The van der Waals surface area contributed by atoms with Gasteiger partial charge in [0.25, 0.3) is 0 Å². The van der Waals surface area contributed by atoms with E-state index in [9.17, 15) is 9.90 Å². The summed E-state index contributed by atoms with van der Waals surface area (Å²) in [6, 6.07) is 10.4. The Kier molecular flexibility index (Phi) is 5.07. The molecular formula is C20H30N2O3. The van der Waals surface area contributed by atoms with Crippen LogP contribution < -0.4 is 0 Å². The SMILES string of the molecule is CC(C)(C)OC(=O)N1CC[C@]2(CN(Cc3ccccc3)C[C@@H]2CO)C1. The monoisotopic (exact) mass is 346 g/mol. The molecule has 1 aromatic carbocycles. The van der Waals surface area contributed by atoms with Gasteiger partial charge in [-0.25, -0.2) is 4.79 Å². The summed E-state index contributed by atoms with van der Waals surface area (Å²) in [6.07, 6.45) is 0.700. The largest absolute Gasteiger partial charge is 0.444 e. The lowest BCUT2D eigenvalue weighted by Gasteiger charge is -2.30. The van der Waals surface area contributed by atoms with Crippen molar-refractivity contribution in [2.24, 2.45) is 11.3 Å². The third kappa shape index (κ3) is 4.15. The predicted octanol–water partition coefficient (Wildman–Crippen LogP) is 2.74. The normalized spacial score (nSPS) is 27.2. The maximum Gasteiger partial charge on any atom is 0.410 e. The molecule has 0 aromatic heterocycles. The van der Waals surface area contributed by atoms with E-state index in [0.717, 1.165) is 26.1 Å². The van der Waals surface area contributed by atoms with E-state index >= 15 is 0 Å². The smallest absolute Gasteiger partial charge is 0.410 e. The van der Waals surface area contributed by atoms with E-state index < -0.39 is 5.60 Å². The number of hydrogen-bond donors (Lipinski definition) is 1. The molecule has 2 saturated heterocycles. The van der Waals surface area contributed by atoms with E-state index in [0.29, 0.717) is 13.1 Å². The van der Waals surface area contributed by atoms with E-state index in [1.807, 2.05) is 31.7 Å². The van der Waals surface area contributed by atoms with Crippen LogP contribution in [0.2, 0.25) is 0 Å². The van der Waals surface area contributed by atoms with Gasteiger partial charge in [-0.05, 0) is 32.8 Å². The molecule has 3 rings (SSSR count). The molecule has 0 bridgehead atoms. The minimum Gasteiger partial charge on any atom is -0.444 e. The molecule has 1 amide bonds. The molecule has 1 N–H and O–H groups in total. The molecule has 5 nitrogen and oxygen atoms in total. The first-order chi connectivity index (χ1) is 11.8. The number of rotatable bonds is 3. The topological polar surface area (TPSA) is 53.0 Å². The van der Waals surface area contributed by atoms with Crippen LogP contribution in [0.3, 0.4) is 0 Å². The number of aliphatic hydroxyl groups is 1. The molecule has 0 radical (unpaired) electrons. The van der Waals surface area contributed by atoms with Crippen LogP contribution in [-0.2, 0) is 11.3 Å². The highest BCUT2D eigenvalue weighted by Crippen LogP contribution is 2.44. The van der Waals surface area contributed by atoms with Gasteiger partial charge in [-0.15, -0.1) is 0 Å². The van der Waals surface area contributed by atoms with Gasteiger partial charge >= 0.3 is 6.09 Å². The second-order valence-corrected chi connectivity index (χ2v) is 8.55. The lowest BCUT2D eigenvalue weighted by molar-refractivity contribution is 0.0256. The molecule has 5 heteroatoms. The molecule has 2 aliphatic heterocycles. The van der Waals surface area contributed by atoms with Crippen molar-refractivity contribution in [1.29, 1.82) is 0 Å². The Morgan fingerprint density at radius 3 is 2.64 bits per heavy atom. The highest BCUT2D eigenvalue weighted by atomic mass is 16.6. The van der Waals surface area contributed by atoms with Gasteiger partial charge in [0.2, 0.25) is 0 Å². The van der Waals surface area contributed by atoms with Crippen molar-refractivity contribution in [2.45, 2.75) is 39.3 Å². The number of aliphatic hydroxyl groups excluding tert-OH is 1. The molecule has 0 unspecified atom stereocenters. The first-order valence-electron chi connectivity index (χ1n) is 9.16. The van der Waals surface area contributed by atoms with Crippen LogP contribution in [0.15, 0.2) is 30.3 Å². The molecule has 2 aliphatic rings. The summed E-state index contributed by atoms with van der Waals surface area (Å²) in [5, 5.41) is 9.93. The zero-order chi connectivity index (χ0) is 18.1. The molecule has 2 heterocycles. The number of hydrogen-bond acceptors (Lipinski definition) is 4. The molecule has 2 atom stereocenters. The number of carbonyl (C=O) groups is 1. The number of amides is 1. The second-order valence-electron chi connectivity index (χ2n) is 8.55. The van der Waals surface area contributed by atoms with Gasteiger partial charge in [0, 0.05) is 50.7 Å². The lowest BCUT2D eigenvalue weighted by atomic mass is 9.78. The first kappa shape index (κ1) is 18.2. The molecule has 1 spiro atoms. The Hall–Kier alpha value is -1.59. The minimum atomic E-state index is -0.474. The fourth-order valence-corrected chi connectivity index (χ4v) is 4.20. The van der Waals surface area contributed by atoms with Gasteiger partial charge in [-0.3, -0.25) is 4.90 Å². The van der Waals surface area contributed by atoms with Crippen molar-refractivity contribution in [2.75, 3.05) is 32.8 Å². The first-order valence-corrected chi connectivity index (χ1v) is 9.16. The summed E-state index contributed by atoms with van der Waals surface area (Å²) in [7, 11) is 0. The van der Waals surface area contributed by atoms with Gasteiger partial charge in [-0.1, -0.05) is 30.3 Å². The zero-order valence-corrected chi connectivity index (χ0v) is 15.6. The molecule has 0 aliphatic carbocycles. The Bertz CT molecular complexity index is 599. The fourth-order valence-electron chi connectivity index (χ4n) is 4.20. The van der Waals surface area contributed by atoms with Crippen LogP contribution in [-0.4, -0.2) is 59.4 Å². The average molecular weight is 346 g/mol. The second kappa shape index (κ2) is 6.96. The molecule has 0 saturated carbocycles. The van der Waals surface area contributed by atoms with Crippen molar-refractivity contribution in [1.82, 2.24) is 9.80 Å². The molecular weight excluding hydrogens is 316 g/mol. The Balaban J connectivity index is 1.65. The van der Waals surface area contributed by atoms with Gasteiger partial charge < -0.3 is 14.7 Å². The number of carbonyl (C=O) groups excluding carboxylic acids is 1. The standard InChI is InChI=1S/C20H30N2O3/c1-19(2,3)25-18(24)22-10-9-20(15-22)14-21(12-17(20)13-23)11-16-7-5-4-6-8-16/h4-8,17,23H,9-15H2,1-3H3/t17-,20+/m1/s1. The van der Waals surface area contributed by atoms with Crippen LogP contribution in [0, 0.1) is 11.3 Å². The van der Waals surface area contributed by atoms with Crippen LogP contribution in [0.25, 0.3) is 0 Å².